The Morgan fingerprint density at radius 2 is 1.56 bits per heavy atom. The van der Waals surface area contributed by atoms with Gasteiger partial charge in [-0.2, -0.15) is 0 Å². The highest BCUT2D eigenvalue weighted by Gasteiger charge is 2.26. The number of benzene rings is 2. The van der Waals surface area contributed by atoms with E-state index in [1.54, 1.807) is 24.3 Å². The first-order valence-corrected chi connectivity index (χ1v) is 8.14. The smallest absolute Gasteiger partial charge is 0.163 e. The summed E-state index contributed by atoms with van der Waals surface area (Å²) in [6.07, 6.45) is 1.29. The van der Waals surface area contributed by atoms with Crippen molar-refractivity contribution in [1.82, 2.24) is 5.16 Å². The first kappa shape index (κ1) is 15.7. The molecule has 126 valence electrons. The summed E-state index contributed by atoms with van der Waals surface area (Å²) in [5.74, 6) is 0.262. The van der Waals surface area contributed by atoms with Crippen LogP contribution in [0.15, 0.2) is 58.0 Å². The van der Waals surface area contributed by atoms with Gasteiger partial charge in [-0.05, 0) is 54.7 Å². The molecular formula is C20H16F2N2O. The van der Waals surface area contributed by atoms with Crippen LogP contribution in [0.2, 0.25) is 0 Å². The standard InChI is InChI=1S/C20H16F2N2O/c1-12-20-19(25-24-12)11-15(13-2-6-16(21)7-3-13)10-18(23-20)14-4-8-17(22)9-5-14/h2-9,15H,10-11H2,1H3/t15-/m0/s1. The molecule has 5 heteroatoms. The molecule has 2 aromatic carbocycles. The van der Waals surface area contributed by atoms with Gasteiger partial charge in [-0.25, -0.2) is 13.8 Å². The number of hydrogen-bond donors (Lipinski definition) is 0. The second-order valence-corrected chi connectivity index (χ2v) is 6.26. The van der Waals surface area contributed by atoms with Crippen LogP contribution >= 0.6 is 0 Å². The minimum absolute atomic E-state index is 0.0815. The highest BCUT2D eigenvalue weighted by atomic mass is 19.1. The number of hydrogen-bond acceptors (Lipinski definition) is 3. The molecule has 1 atom stereocenters. The molecule has 4 rings (SSSR count). The zero-order chi connectivity index (χ0) is 17.4. The molecule has 0 saturated carbocycles. The van der Waals surface area contributed by atoms with Crippen LogP contribution in [0.25, 0.3) is 0 Å². The van der Waals surface area contributed by atoms with E-state index in [1.807, 2.05) is 6.92 Å². The fourth-order valence-corrected chi connectivity index (χ4v) is 3.19. The van der Waals surface area contributed by atoms with E-state index in [4.69, 9.17) is 9.52 Å². The molecule has 0 saturated heterocycles. The third-order valence-electron chi connectivity index (χ3n) is 4.54. The summed E-state index contributed by atoms with van der Waals surface area (Å²) in [7, 11) is 0. The van der Waals surface area contributed by atoms with Crippen molar-refractivity contribution >= 4 is 11.4 Å². The van der Waals surface area contributed by atoms with Crippen molar-refractivity contribution in [3.8, 4) is 0 Å². The predicted octanol–water partition coefficient (Wildman–Crippen LogP) is 5.11. The highest BCUT2D eigenvalue weighted by molar-refractivity contribution is 6.03. The van der Waals surface area contributed by atoms with E-state index in [9.17, 15) is 8.78 Å². The third-order valence-corrected chi connectivity index (χ3v) is 4.54. The lowest BCUT2D eigenvalue weighted by Crippen LogP contribution is -2.09. The molecule has 3 aromatic rings. The summed E-state index contributed by atoms with van der Waals surface area (Å²) in [5.41, 5.74) is 4.19. The van der Waals surface area contributed by atoms with Crippen LogP contribution in [0.5, 0.6) is 0 Å². The van der Waals surface area contributed by atoms with Crippen molar-refractivity contribution in [3.05, 3.63) is 82.7 Å². The lowest BCUT2D eigenvalue weighted by atomic mass is 9.88. The summed E-state index contributed by atoms with van der Waals surface area (Å²) < 4.78 is 32.0. The Labute approximate surface area is 144 Å². The van der Waals surface area contributed by atoms with Gasteiger partial charge in [0.05, 0.1) is 0 Å². The maximum Gasteiger partial charge on any atom is 0.163 e. The first-order chi connectivity index (χ1) is 12.1. The molecule has 0 bridgehead atoms. The molecule has 0 fully saturated rings. The van der Waals surface area contributed by atoms with Gasteiger partial charge in [-0.1, -0.05) is 29.4 Å². The average molecular weight is 338 g/mol. The largest absolute Gasteiger partial charge is 0.359 e. The fraction of sp³-hybridized carbons (Fsp3) is 0.200. The molecule has 0 radical (unpaired) electrons. The van der Waals surface area contributed by atoms with Crippen molar-refractivity contribution in [1.29, 1.82) is 0 Å². The molecule has 0 aliphatic carbocycles. The van der Waals surface area contributed by atoms with Gasteiger partial charge in [0.15, 0.2) is 5.76 Å². The van der Waals surface area contributed by atoms with Gasteiger partial charge in [0.1, 0.15) is 23.0 Å². The van der Waals surface area contributed by atoms with Crippen LogP contribution < -0.4 is 0 Å². The summed E-state index contributed by atoms with van der Waals surface area (Å²) in [4.78, 5) is 4.76. The number of nitrogens with zero attached hydrogens (tertiary/aromatic N) is 2. The zero-order valence-corrected chi connectivity index (χ0v) is 13.7. The molecule has 0 amide bonds. The predicted molar refractivity (Wildman–Crippen MR) is 91.3 cm³/mol. The fourth-order valence-electron chi connectivity index (χ4n) is 3.19. The minimum atomic E-state index is -0.282. The molecule has 2 heterocycles. The summed E-state index contributed by atoms with van der Waals surface area (Å²) in [6, 6.07) is 12.8. The number of rotatable bonds is 2. The molecule has 1 aromatic heterocycles. The molecule has 1 aliphatic heterocycles. The van der Waals surface area contributed by atoms with Gasteiger partial charge in [-0.3, -0.25) is 0 Å². The van der Waals surface area contributed by atoms with Gasteiger partial charge in [0.2, 0.25) is 0 Å². The summed E-state index contributed by atoms with van der Waals surface area (Å²) in [6.45, 7) is 1.85. The van der Waals surface area contributed by atoms with Gasteiger partial charge in [0.25, 0.3) is 0 Å². The van der Waals surface area contributed by atoms with Crippen LogP contribution in [0.4, 0.5) is 14.5 Å². The van der Waals surface area contributed by atoms with Gasteiger partial charge in [-0.15, -0.1) is 0 Å². The van der Waals surface area contributed by atoms with E-state index in [0.717, 1.165) is 34.0 Å². The van der Waals surface area contributed by atoms with Crippen LogP contribution in [0.1, 0.15) is 34.9 Å². The molecule has 0 N–H and O–H groups in total. The number of aryl methyl sites for hydroxylation is 1. The van der Waals surface area contributed by atoms with Crippen LogP contribution in [0.3, 0.4) is 0 Å². The molecular weight excluding hydrogens is 322 g/mol. The van der Waals surface area contributed by atoms with E-state index in [1.165, 1.54) is 24.3 Å². The molecule has 3 nitrogen and oxygen atoms in total. The molecule has 0 unspecified atom stereocenters. The number of aliphatic imine (C=N–C) groups is 1. The maximum atomic E-state index is 13.3. The zero-order valence-electron chi connectivity index (χ0n) is 13.7. The van der Waals surface area contributed by atoms with Crippen molar-refractivity contribution in [2.24, 2.45) is 4.99 Å². The average Bonchev–Trinajstić information content (AvgIpc) is 2.84. The van der Waals surface area contributed by atoms with Crippen molar-refractivity contribution in [2.75, 3.05) is 0 Å². The van der Waals surface area contributed by atoms with E-state index < -0.39 is 0 Å². The Kier molecular flexibility index (Phi) is 3.92. The van der Waals surface area contributed by atoms with E-state index in [0.29, 0.717) is 12.8 Å². The topological polar surface area (TPSA) is 38.4 Å². The van der Waals surface area contributed by atoms with E-state index in [2.05, 4.69) is 5.16 Å². The van der Waals surface area contributed by atoms with Crippen LogP contribution in [-0.4, -0.2) is 10.9 Å². The van der Waals surface area contributed by atoms with Gasteiger partial charge < -0.3 is 4.52 Å². The second kappa shape index (κ2) is 6.24. The number of fused-ring (bicyclic) bond motifs is 1. The number of halogens is 2. The van der Waals surface area contributed by atoms with Crippen LogP contribution in [0, 0.1) is 18.6 Å². The molecule has 0 spiro atoms. The Hall–Kier alpha value is -2.82. The third kappa shape index (κ3) is 3.09. The van der Waals surface area contributed by atoms with Crippen LogP contribution in [-0.2, 0) is 6.42 Å². The van der Waals surface area contributed by atoms with Gasteiger partial charge in [0, 0.05) is 12.1 Å². The lowest BCUT2D eigenvalue weighted by molar-refractivity contribution is 0.373. The Bertz CT molecular complexity index is 927. The molecule has 1 aliphatic rings. The Morgan fingerprint density at radius 3 is 2.24 bits per heavy atom. The van der Waals surface area contributed by atoms with E-state index >= 15 is 0 Å². The SMILES string of the molecule is Cc1noc2c1N=C(c1ccc(F)cc1)C[C@H](c1ccc(F)cc1)C2. The highest BCUT2D eigenvalue weighted by Crippen LogP contribution is 2.36. The Morgan fingerprint density at radius 1 is 0.920 bits per heavy atom. The van der Waals surface area contributed by atoms with Crippen molar-refractivity contribution in [2.45, 2.75) is 25.7 Å². The second-order valence-electron chi connectivity index (χ2n) is 6.26. The lowest BCUT2D eigenvalue weighted by Gasteiger charge is -2.15. The maximum absolute atomic E-state index is 13.3. The monoisotopic (exact) mass is 338 g/mol. The normalized spacial score (nSPS) is 16.9. The summed E-state index contributed by atoms with van der Waals surface area (Å²) in [5, 5.41) is 4.02. The summed E-state index contributed by atoms with van der Waals surface area (Å²) >= 11 is 0. The molecule has 25 heavy (non-hydrogen) atoms. The quantitative estimate of drug-likeness (QED) is 0.651. The van der Waals surface area contributed by atoms with Crippen molar-refractivity contribution < 1.29 is 13.3 Å². The first-order valence-electron chi connectivity index (χ1n) is 8.14. The number of aromatic nitrogens is 1. The van der Waals surface area contributed by atoms with Gasteiger partial charge >= 0.3 is 0 Å². The van der Waals surface area contributed by atoms with Crippen molar-refractivity contribution in [3.63, 3.8) is 0 Å². The minimum Gasteiger partial charge on any atom is -0.359 e. The Balaban J connectivity index is 1.79. The van der Waals surface area contributed by atoms with E-state index in [-0.39, 0.29) is 17.6 Å².